The van der Waals surface area contributed by atoms with Crippen LogP contribution in [0.25, 0.3) is 0 Å². The highest BCUT2D eigenvalue weighted by Gasteiger charge is 2.28. The van der Waals surface area contributed by atoms with E-state index < -0.39 is 0 Å². The number of ether oxygens (including phenoxy) is 1. The maximum atomic E-state index is 8.99. The van der Waals surface area contributed by atoms with Crippen LogP contribution in [0, 0.1) is 11.3 Å². The molecule has 3 unspecified atom stereocenters. The van der Waals surface area contributed by atoms with Crippen LogP contribution in [0.5, 0.6) is 0 Å². The number of rotatable bonds is 3. The predicted octanol–water partition coefficient (Wildman–Crippen LogP) is 0.370. The lowest BCUT2D eigenvalue weighted by Crippen LogP contribution is -2.52. The largest absolute Gasteiger partial charge is 0.394 e. The fourth-order valence-corrected chi connectivity index (χ4v) is 1.81. The summed E-state index contributed by atoms with van der Waals surface area (Å²) in [4.78, 5) is 2.23. The van der Waals surface area contributed by atoms with Crippen molar-refractivity contribution in [2.75, 3.05) is 19.8 Å². The Morgan fingerprint density at radius 3 is 3.00 bits per heavy atom. The quantitative estimate of drug-likeness (QED) is 0.712. The maximum absolute atomic E-state index is 8.99. The minimum Gasteiger partial charge on any atom is -0.394 e. The zero-order chi connectivity index (χ0) is 10.6. The Morgan fingerprint density at radius 2 is 2.43 bits per heavy atom. The molecule has 80 valence electrons. The van der Waals surface area contributed by atoms with Gasteiger partial charge >= 0.3 is 0 Å². The van der Waals surface area contributed by atoms with Crippen LogP contribution in [0.4, 0.5) is 0 Å². The zero-order valence-corrected chi connectivity index (χ0v) is 8.81. The van der Waals surface area contributed by atoms with Gasteiger partial charge in [-0.15, -0.1) is 0 Å². The third-order valence-electron chi connectivity index (χ3n) is 2.71. The van der Waals surface area contributed by atoms with Crippen molar-refractivity contribution < 1.29 is 9.84 Å². The summed E-state index contributed by atoms with van der Waals surface area (Å²) in [6.07, 6.45) is 0.440. The molecule has 1 aliphatic heterocycles. The van der Waals surface area contributed by atoms with Crippen LogP contribution in [0.15, 0.2) is 0 Å². The van der Waals surface area contributed by atoms with Crippen LogP contribution in [-0.4, -0.2) is 48.0 Å². The Morgan fingerprint density at radius 1 is 1.71 bits per heavy atom. The van der Waals surface area contributed by atoms with E-state index in [1.165, 1.54) is 0 Å². The molecule has 0 radical (unpaired) electrons. The van der Waals surface area contributed by atoms with Crippen LogP contribution in [0.1, 0.15) is 20.3 Å². The fourth-order valence-electron chi connectivity index (χ4n) is 1.81. The van der Waals surface area contributed by atoms with Crippen molar-refractivity contribution >= 4 is 0 Å². The van der Waals surface area contributed by atoms with Gasteiger partial charge in [0.2, 0.25) is 0 Å². The van der Waals surface area contributed by atoms with Crippen molar-refractivity contribution in [3.63, 3.8) is 0 Å². The average molecular weight is 198 g/mol. The first-order chi connectivity index (χ1) is 6.69. The molecule has 1 aliphatic rings. The molecule has 0 amide bonds. The molecule has 0 aliphatic carbocycles. The van der Waals surface area contributed by atoms with Crippen molar-refractivity contribution in [1.82, 2.24) is 4.90 Å². The molecule has 1 saturated heterocycles. The normalized spacial score (nSPS) is 31.0. The summed E-state index contributed by atoms with van der Waals surface area (Å²) in [7, 11) is 0. The van der Waals surface area contributed by atoms with Crippen molar-refractivity contribution in [2.45, 2.75) is 38.5 Å². The molecule has 14 heavy (non-hydrogen) atoms. The van der Waals surface area contributed by atoms with Gasteiger partial charge in [-0.25, -0.2) is 0 Å². The van der Waals surface area contributed by atoms with Gasteiger partial charge in [0.25, 0.3) is 0 Å². The van der Waals surface area contributed by atoms with E-state index in [0.29, 0.717) is 19.1 Å². The van der Waals surface area contributed by atoms with Crippen molar-refractivity contribution in [3.05, 3.63) is 0 Å². The number of hydrogen-bond donors (Lipinski definition) is 1. The van der Waals surface area contributed by atoms with E-state index >= 15 is 0 Å². The first-order valence-electron chi connectivity index (χ1n) is 5.04. The van der Waals surface area contributed by atoms with Crippen molar-refractivity contribution in [1.29, 1.82) is 5.26 Å². The second-order valence-corrected chi connectivity index (χ2v) is 3.89. The first-order valence-corrected chi connectivity index (χ1v) is 5.04. The molecule has 3 atom stereocenters. The van der Waals surface area contributed by atoms with Crippen LogP contribution >= 0.6 is 0 Å². The number of hydrogen-bond acceptors (Lipinski definition) is 4. The van der Waals surface area contributed by atoms with E-state index in [1.807, 2.05) is 6.92 Å². The lowest BCUT2D eigenvalue weighted by molar-refractivity contribution is -0.0884. The Bertz CT molecular complexity index is 215. The van der Waals surface area contributed by atoms with Gasteiger partial charge in [-0.1, -0.05) is 0 Å². The van der Waals surface area contributed by atoms with Crippen LogP contribution in [0.2, 0.25) is 0 Å². The lowest BCUT2D eigenvalue weighted by atomic mass is 10.1. The molecule has 0 bridgehead atoms. The van der Waals surface area contributed by atoms with Crippen LogP contribution < -0.4 is 0 Å². The number of aliphatic hydroxyl groups excluding tert-OH is 1. The summed E-state index contributed by atoms with van der Waals surface area (Å²) in [6, 6.07) is 2.75. The monoisotopic (exact) mass is 198 g/mol. The molecule has 4 heteroatoms. The summed E-state index contributed by atoms with van der Waals surface area (Å²) in [6.45, 7) is 5.55. The third-order valence-corrected chi connectivity index (χ3v) is 2.71. The number of nitriles is 1. The molecular formula is C10H18N2O2. The molecule has 4 nitrogen and oxygen atoms in total. The van der Waals surface area contributed by atoms with Gasteiger partial charge < -0.3 is 9.84 Å². The van der Waals surface area contributed by atoms with Gasteiger partial charge in [0.15, 0.2) is 0 Å². The maximum Gasteiger partial charge on any atom is 0.0933 e. The number of nitrogens with zero attached hydrogens (tertiary/aromatic N) is 2. The highest BCUT2D eigenvalue weighted by Crippen LogP contribution is 2.16. The Hall–Kier alpha value is -0.630. The molecule has 1 N–H and O–H groups in total. The van der Waals surface area contributed by atoms with Gasteiger partial charge in [0.1, 0.15) is 0 Å². The molecule has 1 fully saturated rings. The van der Waals surface area contributed by atoms with E-state index in [9.17, 15) is 0 Å². The van der Waals surface area contributed by atoms with E-state index in [0.717, 1.165) is 6.54 Å². The molecule has 1 rings (SSSR count). The van der Waals surface area contributed by atoms with E-state index in [1.54, 1.807) is 0 Å². The van der Waals surface area contributed by atoms with Crippen molar-refractivity contribution in [3.8, 4) is 6.07 Å². The Balaban J connectivity index is 2.52. The highest BCUT2D eigenvalue weighted by molar-refractivity contribution is 4.86. The van der Waals surface area contributed by atoms with Gasteiger partial charge in [0, 0.05) is 18.6 Å². The van der Waals surface area contributed by atoms with E-state index in [-0.39, 0.29) is 18.8 Å². The summed E-state index contributed by atoms with van der Waals surface area (Å²) in [5.41, 5.74) is 0. The number of morpholine rings is 1. The topological polar surface area (TPSA) is 56.5 Å². The van der Waals surface area contributed by atoms with E-state index in [4.69, 9.17) is 15.1 Å². The van der Waals surface area contributed by atoms with Crippen LogP contribution in [0.3, 0.4) is 0 Å². The van der Waals surface area contributed by atoms with Gasteiger partial charge in [-0.05, 0) is 13.8 Å². The summed E-state index contributed by atoms with van der Waals surface area (Å²) < 4.78 is 5.42. The van der Waals surface area contributed by atoms with E-state index in [2.05, 4.69) is 17.9 Å². The summed E-state index contributed by atoms with van der Waals surface area (Å²) >= 11 is 0. The van der Waals surface area contributed by atoms with Crippen molar-refractivity contribution in [2.24, 2.45) is 0 Å². The van der Waals surface area contributed by atoms with Gasteiger partial charge in [-0.3, -0.25) is 4.90 Å². The SMILES string of the molecule is CC(CC#N)N1CC(CO)OCC1C. The molecule has 0 aromatic heterocycles. The standard InChI is InChI=1S/C10H18N2O2/c1-8(3-4-11)12-5-10(6-13)14-7-9(12)2/h8-10,13H,3,5-7H2,1-2H3. The number of aliphatic hydroxyl groups is 1. The Kier molecular flexibility index (Phi) is 4.33. The molecule has 0 aromatic rings. The first kappa shape index (κ1) is 11.4. The lowest BCUT2D eigenvalue weighted by Gasteiger charge is -2.40. The van der Waals surface area contributed by atoms with Crippen LogP contribution in [-0.2, 0) is 4.74 Å². The fraction of sp³-hybridized carbons (Fsp3) is 0.900. The Labute approximate surface area is 85.1 Å². The highest BCUT2D eigenvalue weighted by atomic mass is 16.5. The smallest absolute Gasteiger partial charge is 0.0933 e. The molecule has 0 aromatic carbocycles. The van der Waals surface area contributed by atoms with Gasteiger partial charge in [-0.2, -0.15) is 5.26 Å². The predicted molar refractivity (Wildman–Crippen MR) is 52.7 cm³/mol. The minimum absolute atomic E-state index is 0.0580. The summed E-state index contributed by atoms with van der Waals surface area (Å²) in [5.74, 6) is 0. The molecule has 1 heterocycles. The third kappa shape index (κ3) is 2.68. The summed E-state index contributed by atoms with van der Waals surface area (Å²) in [5, 5.41) is 17.6. The molecule has 0 spiro atoms. The van der Waals surface area contributed by atoms with Gasteiger partial charge in [0.05, 0.1) is 31.8 Å². The zero-order valence-electron chi connectivity index (χ0n) is 8.81. The minimum atomic E-state index is -0.0904. The second kappa shape index (κ2) is 5.30. The second-order valence-electron chi connectivity index (χ2n) is 3.89. The average Bonchev–Trinajstić information content (AvgIpc) is 2.19. The molecular weight excluding hydrogens is 180 g/mol. The molecule has 0 saturated carbocycles.